The van der Waals surface area contributed by atoms with Crippen LogP contribution in [0.5, 0.6) is 5.75 Å². The molecule has 4 heterocycles. The van der Waals surface area contributed by atoms with Crippen LogP contribution in [0.3, 0.4) is 0 Å². The number of carboxylic acid groups (broad SMARTS) is 1. The molecule has 6 rings (SSSR count). The van der Waals surface area contributed by atoms with Gasteiger partial charge in [-0.2, -0.15) is 0 Å². The third-order valence-electron chi connectivity index (χ3n) is 6.90. The summed E-state index contributed by atoms with van der Waals surface area (Å²) < 4.78 is 14.0. The number of pyridine rings is 2. The molecule has 3 N–H and O–H groups in total. The number of hydrogen-bond acceptors (Lipinski definition) is 6. The SMILES string of the molecule is Nc1nccc2c(-c3cnc4c(c3)c(COc3ccccc3CC(=O)O)cn4C3CCOC3)cccc12. The molecule has 1 saturated heterocycles. The van der Waals surface area contributed by atoms with Crippen molar-refractivity contribution in [2.75, 3.05) is 18.9 Å². The number of anilines is 1. The van der Waals surface area contributed by atoms with Gasteiger partial charge in [0, 0.05) is 52.7 Å². The van der Waals surface area contributed by atoms with E-state index in [1.807, 2.05) is 36.5 Å². The highest BCUT2D eigenvalue weighted by molar-refractivity contribution is 6.02. The predicted molar refractivity (Wildman–Crippen MR) is 141 cm³/mol. The smallest absolute Gasteiger partial charge is 0.307 e. The van der Waals surface area contributed by atoms with E-state index in [1.165, 1.54) is 0 Å². The van der Waals surface area contributed by atoms with Gasteiger partial charge in [0.25, 0.3) is 0 Å². The van der Waals surface area contributed by atoms with Crippen molar-refractivity contribution in [3.63, 3.8) is 0 Å². The van der Waals surface area contributed by atoms with E-state index in [9.17, 15) is 9.90 Å². The molecule has 5 aromatic rings. The van der Waals surface area contributed by atoms with E-state index in [4.69, 9.17) is 20.2 Å². The van der Waals surface area contributed by atoms with E-state index >= 15 is 0 Å². The number of carbonyl (C=O) groups is 1. The maximum atomic E-state index is 11.3. The lowest BCUT2D eigenvalue weighted by Crippen LogP contribution is -2.08. The number of hydrogen-bond donors (Lipinski definition) is 2. The fourth-order valence-electron chi connectivity index (χ4n) is 5.07. The van der Waals surface area contributed by atoms with Crippen molar-refractivity contribution < 1.29 is 19.4 Å². The number of aromatic nitrogens is 3. The monoisotopic (exact) mass is 494 g/mol. The fraction of sp³-hybridized carbons (Fsp3) is 0.207. The Bertz CT molecular complexity index is 1620. The number of nitrogen functional groups attached to an aromatic ring is 1. The Hall–Kier alpha value is -4.43. The molecular formula is C29H26N4O4. The van der Waals surface area contributed by atoms with Gasteiger partial charge >= 0.3 is 5.97 Å². The summed E-state index contributed by atoms with van der Waals surface area (Å²) in [6.45, 7) is 1.65. The van der Waals surface area contributed by atoms with Crippen LogP contribution in [0.2, 0.25) is 0 Å². The molecule has 1 atom stereocenters. The number of aliphatic carboxylic acids is 1. The van der Waals surface area contributed by atoms with Crippen LogP contribution in [-0.2, 0) is 22.6 Å². The molecule has 37 heavy (non-hydrogen) atoms. The van der Waals surface area contributed by atoms with Crippen molar-refractivity contribution in [3.05, 3.63) is 84.3 Å². The van der Waals surface area contributed by atoms with Gasteiger partial charge in [-0.15, -0.1) is 0 Å². The number of para-hydroxylation sites is 1. The van der Waals surface area contributed by atoms with Crippen LogP contribution in [0.1, 0.15) is 23.6 Å². The van der Waals surface area contributed by atoms with E-state index in [2.05, 4.69) is 27.9 Å². The lowest BCUT2D eigenvalue weighted by Gasteiger charge is -2.12. The Balaban J connectivity index is 1.43. The molecule has 0 spiro atoms. The number of nitrogens with two attached hydrogens (primary N) is 1. The summed E-state index contributed by atoms with van der Waals surface area (Å²) in [5.74, 6) is 0.166. The molecule has 8 heteroatoms. The van der Waals surface area contributed by atoms with Gasteiger partial charge in [0.1, 0.15) is 23.8 Å². The molecule has 0 aliphatic carbocycles. The maximum Gasteiger partial charge on any atom is 0.307 e. The largest absolute Gasteiger partial charge is 0.489 e. The van der Waals surface area contributed by atoms with Crippen molar-refractivity contribution in [1.82, 2.24) is 14.5 Å². The molecule has 0 bridgehead atoms. The summed E-state index contributed by atoms with van der Waals surface area (Å²) in [4.78, 5) is 20.4. The van der Waals surface area contributed by atoms with Gasteiger partial charge in [-0.05, 0) is 35.6 Å². The Morgan fingerprint density at radius 3 is 2.81 bits per heavy atom. The van der Waals surface area contributed by atoms with Crippen molar-refractivity contribution in [1.29, 1.82) is 0 Å². The number of fused-ring (bicyclic) bond motifs is 2. The molecule has 0 saturated carbocycles. The molecule has 0 radical (unpaired) electrons. The Morgan fingerprint density at radius 1 is 1.08 bits per heavy atom. The van der Waals surface area contributed by atoms with Gasteiger partial charge in [-0.3, -0.25) is 4.79 Å². The number of carboxylic acids is 1. The van der Waals surface area contributed by atoms with Gasteiger partial charge in [0.15, 0.2) is 0 Å². The summed E-state index contributed by atoms with van der Waals surface area (Å²) in [5.41, 5.74) is 10.6. The highest BCUT2D eigenvalue weighted by Gasteiger charge is 2.22. The summed E-state index contributed by atoms with van der Waals surface area (Å²) >= 11 is 0. The second-order valence-corrected chi connectivity index (χ2v) is 9.24. The van der Waals surface area contributed by atoms with E-state index < -0.39 is 5.97 Å². The highest BCUT2D eigenvalue weighted by Crippen LogP contribution is 2.35. The normalized spacial score (nSPS) is 15.4. The van der Waals surface area contributed by atoms with Crippen LogP contribution in [-0.4, -0.2) is 38.8 Å². The van der Waals surface area contributed by atoms with Crippen LogP contribution in [0, 0.1) is 0 Å². The molecule has 186 valence electrons. The number of nitrogens with zero attached hydrogens (tertiary/aromatic N) is 3. The van der Waals surface area contributed by atoms with Gasteiger partial charge in [0.05, 0.1) is 19.1 Å². The zero-order chi connectivity index (χ0) is 25.4. The highest BCUT2D eigenvalue weighted by atomic mass is 16.5. The van der Waals surface area contributed by atoms with Crippen molar-refractivity contribution in [2.45, 2.75) is 25.5 Å². The first kappa shape index (κ1) is 23.0. The average Bonchev–Trinajstić information content (AvgIpc) is 3.56. The van der Waals surface area contributed by atoms with Gasteiger partial charge in [-0.25, -0.2) is 9.97 Å². The molecular weight excluding hydrogens is 468 g/mol. The molecule has 1 aliphatic rings. The summed E-state index contributed by atoms with van der Waals surface area (Å²) in [5, 5.41) is 12.2. The second kappa shape index (κ2) is 9.55. The van der Waals surface area contributed by atoms with Crippen LogP contribution in [0.4, 0.5) is 5.82 Å². The summed E-state index contributed by atoms with van der Waals surface area (Å²) in [6, 6.07) is 17.6. The van der Waals surface area contributed by atoms with Crippen LogP contribution in [0.15, 0.2) is 73.2 Å². The van der Waals surface area contributed by atoms with Crippen molar-refractivity contribution in [2.24, 2.45) is 0 Å². The minimum atomic E-state index is -0.895. The molecule has 2 aromatic carbocycles. The Labute approximate surface area is 213 Å². The molecule has 8 nitrogen and oxygen atoms in total. The number of ether oxygens (including phenoxy) is 2. The predicted octanol–water partition coefficient (Wildman–Crippen LogP) is 5.00. The minimum Gasteiger partial charge on any atom is -0.489 e. The first-order chi connectivity index (χ1) is 18.1. The van der Waals surface area contributed by atoms with E-state index in [0.29, 0.717) is 23.7 Å². The van der Waals surface area contributed by atoms with Crippen molar-refractivity contribution >= 4 is 33.6 Å². The van der Waals surface area contributed by atoms with E-state index in [1.54, 1.807) is 18.3 Å². The van der Waals surface area contributed by atoms with Gasteiger partial charge < -0.3 is 24.9 Å². The zero-order valence-electron chi connectivity index (χ0n) is 20.1. The molecule has 3 aromatic heterocycles. The summed E-state index contributed by atoms with van der Waals surface area (Å²) in [6.07, 6.45) is 6.53. The van der Waals surface area contributed by atoms with Crippen LogP contribution >= 0.6 is 0 Å². The lowest BCUT2D eigenvalue weighted by atomic mass is 9.99. The lowest BCUT2D eigenvalue weighted by molar-refractivity contribution is -0.136. The Kier molecular flexibility index (Phi) is 5.94. The number of rotatable bonds is 7. The zero-order valence-corrected chi connectivity index (χ0v) is 20.1. The maximum absolute atomic E-state index is 11.3. The first-order valence-electron chi connectivity index (χ1n) is 12.2. The standard InChI is InChI=1S/C29H26N4O4/c30-28-24-6-3-5-22(23(24)8-10-31-28)19-12-25-20(15-33(29(25)32-14-19)21-9-11-36-17-21)16-37-26-7-2-1-4-18(26)13-27(34)35/h1-8,10,12,14-15,21H,9,11,13,16-17H2,(H2,30,31)(H,34,35). The second-order valence-electron chi connectivity index (χ2n) is 9.24. The molecule has 0 amide bonds. The quantitative estimate of drug-likeness (QED) is 0.327. The fourth-order valence-corrected chi connectivity index (χ4v) is 5.07. The van der Waals surface area contributed by atoms with Gasteiger partial charge in [-0.1, -0.05) is 36.4 Å². The van der Waals surface area contributed by atoms with Crippen molar-refractivity contribution in [3.8, 4) is 16.9 Å². The van der Waals surface area contributed by atoms with Gasteiger partial charge in [0.2, 0.25) is 0 Å². The summed E-state index contributed by atoms with van der Waals surface area (Å²) in [7, 11) is 0. The van der Waals surface area contributed by atoms with Crippen LogP contribution in [0.25, 0.3) is 32.9 Å². The van der Waals surface area contributed by atoms with E-state index in [0.717, 1.165) is 51.5 Å². The third-order valence-corrected chi connectivity index (χ3v) is 6.90. The minimum absolute atomic E-state index is 0.0951. The molecule has 1 fully saturated rings. The van der Waals surface area contributed by atoms with Crippen LogP contribution < -0.4 is 10.5 Å². The third kappa shape index (κ3) is 4.36. The van der Waals surface area contributed by atoms with E-state index in [-0.39, 0.29) is 19.1 Å². The molecule has 1 aliphatic heterocycles. The topological polar surface area (TPSA) is 112 Å². The number of benzene rings is 2. The Morgan fingerprint density at radius 2 is 1.97 bits per heavy atom. The average molecular weight is 495 g/mol. The molecule has 1 unspecified atom stereocenters. The first-order valence-corrected chi connectivity index (χ1v) is 12.2.